The smallest absolute Gasteiger partial charge is 0.339 e. The summed E-state index contributed by atoms with van der Waals surface area (Å²) in [5.41, 5.74) is 2.98. The van der Waals surface area contributed by atoms with Crippen LogP contribution in [0, 0.1) is 6.92 Å². The first-order chi connectivity index (χ1) is 9.60. The molecule has 0 saturated heterocycles. The molecule has 5 heteroatoms. The lowest BCUT2D eigenvalue weighted by atomic mass is 9.99. The van der Waals surface area contributed by atoms with E-state index in [0.717, 1.165) is 16.7 Å². The summed E-state index contributed by atoms with van der Waals surface area (Å²) < 4.78 is 7.09. The minimum absolute atomic E-state index is 0.173. The van der Waals surface area contributed by atoms with Gasteiger partial charge in [0, 0.05) is 11.8 Å². The molecule has 20 heavy (non-hydrogen) atoms. The van der Waals surface area contributed by atoms with Crippen molar-refractivity contribution in [3.63, 3.8) is 0 Å². The number of hydrogen-bond donors (Lipinski definition) is 1. The van der Waals surface area contributed by atoms with Gasteiger partial charge in [0.15, 0.2) is 0 Å². The molecular formula is C15H16N2O3. The molecule has 1 aliphatic carbocycles. The Morgan fingerprint density at radius 1 is 1.45 bits per heavy atom. The van der Waals surface area contributed by atoms with Crippen molar-refractivity contribution in [1.82, 2.24) is 9.78 Å². The number of nitrogens with zero attached hydrogens (tertiary/aromatic N) is 2. The predicted molar refractivity (Wildman–Crippen MR) is 74.2 cm³/mol. The second-order valence-corrected chi connectivity index (χ2v) is 5.11. The number of hydrogen-bond acceptors (Lipinski definition) is 3. The van der Waals surface area contributed by atoms with E-state index in [9.17, 15) is 9.90 Å². The van der Waals surface area contributed by atoms with Gasteiger partial charge in [0.05, 0.1) is 19.3 Å². The van der Waals surface area contributed by atoms with Crippen LogP contribution < -0.4 is 4.74 Å². The molecule has 5 nitrogen and oxygen atoms in total. The Kier molecular flexibility index (Phi) is 2.97. The Labute approximate surface area is 116 Å². The monoisotopic (exact) mass is 272 g/mol. The molecule has 2 aromatic rings. The normalized spacial score (nSPS) is 14.3. The van der Waals surface area contributed by atoms with Crippen LogP contribution in [0.3, 0.4) is 0 Å². The summed E-state index contributed by atoms with van der Waals surface area (Å²) in [7, 11) is 1.48. The Bertz CT molecular complexity index is 672. The quantitative estimate of drug-likeness (QED) is 0.929. The maximum absolute atomic E-state index is 11.3. The molecule has 3 rings (SSSR count). The van der Waals surface area contributed by atoms with E-state index in [-0.39, 0.29) is 5.56 Å². The molecule has 0 unspecified atom stereocenters. The van der Waals surface area contributed by atoms with Crippen molar-refractivity contribution >= 4 is 5.97 Å². The van der Waals surface area contributed by atoms with Crippen molar-refractivity contribution in [2.45, 2.75) is 25.8 Å². The van der Waals surface area contributed by atoms with Crippen LogP contribution >= 0.6 is 0 Å². The largest absolute Gasteiger partial charge is 0.496 e. The number of aryl methyl sites for hydroxylation is 1. The number of methoxy groups -OCH3 is 1. The molecule has 1 aromatic heterocycles. The van der Waals surface area contributed by atoms with Crippen molar-refractivity contribution in [3.8, 4) is 16.9 Å². The van der Waals surface area contributed by atoms with Crippen LogP contribution in [0.25, 0.3) is 11.1 Å². The molecule has 0 aliphatic heterocycles. The first kappa shape index (κ1) is 12.7. The zero-order valence-electron chi connectivity index (χ0n) is 11.5. The highest BCUT2D eigenvalue weighted by Gasteiger charge is 2.24. The van der Waals surface area contributed by atoms with E-state index < -0.39 is 5.97 Å². The molecule has 0 radical (unpaired) electrons. The number of carboxylic acids is 1. The van der Waals surface area contributed by atoms with Crippen molar-refractivity contribution in [2.24, 2.45) is 0 Å². The lowest BCUT2D eigenvalue weighted by molar-refractivity contribution is 0.0693. The fourth-order valence-corrected chi connectivity index (χ4v) is 2.34. The van der Waals surface area contributed by atoms with Crippen LogP contribution in [0.5, 0.6) is 5.75 Å². The second-order valence-electron chi connectivity index (χ2n) is 5.11. The van der Waals surface area contributed by atoms with E-state index >= 15 is 0 Å². The van der Waals surface area contributed by atoms with Crippen molar-refractivity contribution in [2.75, 3.05) is 7.11 Å². The van der Waals surface area contributed by atoms with Gasteiger partial charge in [0.25, 0.3) is 0 Å². The topological polar surface area (TPSA) is 64.4 Å². The molecule has 1 N–H and O–H groups in total. The van der Waals surface area contributed by atoms with Gasteiger partial charge in [-0.1, -0.05) is 0 Å². The van der Waals surface area contributed by atoms with E-state index in [4.69, 9.17) is 4.74 Å². The molecule has 0 bridgehead atoms. The molecule has 0 amide bonds. The summed E-state index contributed by atoms with van der Waals surface area (Å²) in [6, 6.07) is 3.93. The Hall–Kier alpha value is -2.30. The number of carbonyl (C=O) groups is 1. The summed E-state index contributed by atoms with van der Waals surface area (Å²) in [6.07, 6.45) is 6.11. The Morgan fingerprint density at radius 2 is 2.20 bits per heavy atom. The average Bonchev–Trinajstić information content (AvgIpc) is 3.16. The Morgan fingerprint density at radius 3 is 2.80 bits per heavy atom. The molecule has 1 fully saturated rings. The molecule has 104 valence electrons. The van der Waals surface area contributed by atoms with Gasteiger partial charge in [0.2, 0.25) is 0 Å². The van der Waals surface area contributed by atoms with E-state index in [2.05, 4.69) is 5.10 Å². The third-order valence-electron chi connectivity index (χ3n) is 3.61. The zero-order chi connectivity index (χ0) is 14.3. The highest BCUT2D eigenvalue weighted by atomic mass is 16.5. The van der Waals surface area contributed by atoms with E-state index in [0.29, 0.717) is 11.8 Å². The van der Waals surface area contributed by atoms with Gasteiger partial charge in [-0.3, -0.25) is 4.68 Å². The molecule has 0 spiro atoms. The lowest BCUT2D eigenvalue weighted by Crippen LogP contribution is -2.02. The number of ether oxygens (including phenoxy) is 1. The minimum Gasteiger partial charge on any atom is -0.496 e. The molecular weight excluding hydrogens is 256 g/mol. The lowest BCUT2D eigenvalue weighted by Gasteiger charge is -2.10. The van der Waals surface area contributed by atoms with Gasteiger partial charge in [-0.05, 0) is 43.0 Å². The molecule has 1 aromatic carbocycles. The SMILES string of the molecule is COc1cc(C)c(-c2cnn(C3CC3)c2)cc1C(=O)O. The number of aromatic carboxylic acids is 1. The van der Waals surface area contributed by atoms with Crippen molar-refractivity contribution in [1.29, 1.82) is 0 Å². The van der Waals surface area contributed by atoms with Crippen LogP contribution in [0.4, 0.5) is 0 Å². The maximum atomic E-state index is 11.3. The Balaban J connectivity index is 2.07. The highest BCUT2D eigenvalue weighted by Crippen LogP contribution is 2.36. The fraction of sp³-hybridized carbons (Fsp3) is 0.333. The predicted octanol–water partition coefficient (Wildman–Crippen LogP) is 2.90. The van der Waals surface area contributed by atoms with E-state index in [1.165, 1.54) is 20.0 Å². The minimum atomic E-state index is -0.988. The summed E-state index contributed by atoms with van der Waals surface area (Å²) in [5.74, 6) is -0.606. The summed E-state index contributed by atoms with van der Waals surface area (Å²) >= 11 is 0. The van der Waals surface area contributed by atoms with Crippen LogP contribution in [0.2, 0.25) is 0 Å². The third-order valence-corrected chi connectivity index (χ3v) is 3.61. The summed E-state index contributed by atoms with van der Waals surface area (Å²) in [5, 5.41) is 13.6. The van der Waals surface area contributed by atoms with Crippen molar-refractivity contribution < 1.29 is 14.6 Å². The van der Waals surface area contributed by atoms with Gasteiger partial charge in [-0.25, -0.2) is 4.79 Å². The maximum Gasteiger partial charge on any atom is 0.339 e. The fourth-order valence-electron chi connectivity index (χ4n) is 2.34. The summed E-state index contributed by atoms with van der Waals surface area (Å²) in [4.78, 5) is 11.3. The van der Waals surface area contributed by atoms with Gasteiger partial charge in [-0.2, -0.15) is 5.10 Å². The van der Waals surface area contributed by atoms with E-state index in [1.54, 1.807) is 18.3 Å². The average molecular weight is 272 g/mol. The summed E-state index contributed by atoms with van der Waals surface area (Å²) in [6.45, 7) is 1.94. The molecule has 1 heterocycles. The van der Waals surface area contributed by atoms with E-state index in [1.807, 2.05) is 17.8 Å². The van der Waals surface area contributed by atoms with Crippen molar-refractivity contribution in [3.05, 3.63) is 35.7 Å². The van der Waals surface area contributed by atoms with Crippen LogP contribution in [0.1, 0.15) is 34.8 Å². The van der Waals surface area contributed by atoms with Crippen LogP contribution in [-0.2, 0) is 0 Å². The highest BCUT2D eigenvalue weighted by molar-refractivity contribution is 5.93. The van der Waals surface area contributed by atoms with Crippen LogP contribution in [-0.4, -0.2) is 28.0 Å². The van der Waals surface area contributed by atoms with Gasteiger partial charge in [-0.15, -0.1) is 0 Å². The number of rotatable bonds is 4. The van der Waals surface area contributed by atoms with Crippen LogP contribution in [0.15, 0.2) is 24.5 Å². The van der Waals surface area contributed by atoms with Gasteiger partial charge >= 0.3 is 5.97 Å². The number of aromatic nitrogens is 2. The van der Waals surface area contributed by atoms with Gasteiger partial charge in [0.1, 0.15) is 11.3 Å². The molecule has 1 saturated carbocycles. The molecule has 1 aliphatic rings. The first-order valence-corrected chi connectivity index (χ1v) is 6.56. The second kappa shape index (κ2) is 4.67. The molecule has 0 atom stereocenters. The first-order valence-electron chi connectivity index (χ1n) is 6.56. The zero-order valence-corrected chi connectivity index (χ0v) is 11.5. The number of carboxylic acid groups (broad SMARTS) is 1. The number of benzene rings is 1. The standard InChI is InChI=1S/C15H16N2O3/c1-9-5-14(20-2)13(15(18)19)6-12(9)10-7-16-17(8-10)11-3-4-11/h5-8,11H,3-4H2,1-2H3,(H,18,19). The van der Waals surface area contributed by atoms with Gasteiger partial charge < -0.3 is 9.84 Å². The third kappa shape index (κ3) is 2.15.